The number of hydrogen-bond acceptors (Lipinski definition) is 3. The molecular formula is C14H23N5. The Hall–Kier alpha value is -1.78. The van der Waals surface area contributed by atoms with Crippen molar-refractivity contribution in [2.24, 2.45) is 13.0 Å². The van der Waals surface area contributed by atoms with Crippen LogP contribution in [0.5, 0.6) is 0 Å². The monoisotopic (exact) mass is 261 g/mol. The Kier molecular flexibility index (Phi) is 4.24. The van der Waals surface area contributed by atoms with Gasteiger partial charge in [0.1, 0.15) is 5.82 Å². The highest BCUT2D eigenvalue weighted by molar-refractivity contribution is 5.28. The third-order valence-electron chi connectivity index (χ3n) is 3.06. The van der Waals surface area contributed by atoms with Crippen LogP contribution in [-0.4, -0.2) is 25.6 Å². The van der Waals surface area contributed by atoms with Crippen LogP contribution in [0.4, 0.5) is 5.95 Å². The van der Waals surface area contributed by atoms with E-state index in [0.29, 0.717) is 5.92 Å². The van der Waals surface area contributed by atoms with Gasteiger partial charge in [-0.3, -0.25) is 0 Å². The summed E-state index contributed by atoms with van der Waals surface area (Å²) in [5.41, 5.74) is 1.05. The minimum atomic E-state index is 0.611. The van der Waals surface area contributed by atoms with Gasteiger partial charge in [0.2, 0.25) is 5.95 Å². The lowest BCUT2D eigenvalue weighted by Crippen LogP contribution is -2.14. The van der Waals surface area contributed by atoms with Crippen LogP contribution in [0.1, 0.15) is 25.4 Å². The fourth-order valence-corrected chi connectivity index (χ4v) is 2.01. The summed E-state index contributed by atoms with van der Waals surface area (Å²) in [6.07, 6.45) is 6.82. The molecule has 0 saturated heterocycles. The van der Waals surface area contributed by atoms with E-state index < -0.39 is 0 Å². The Morgan fingerprint density at radius 2 is 2.16 bits per heavy atom. The van der Waals surface area contributed by atoms with Crippen LogP contribution in [0.15, 0.2) is 18.6 Å². The van der Waals surface area contributed by atoms with E-state index in [1.807, 2.05) is 26.4 Å². The first kappa shape index (κ1) is 13.6. The maximum atomic E-state index is 4.53. The van der Waals surface area contributed by atoms with Crippen LogP contribution in [0.2, 0.25) is 0 Å². The standard InChI is InChI=1S/C14H23N5/c1-11(2)9-16-14-17-12(3)10-19(14)7-5-13-15-6-8-18(13)4/h6,8,10-11H,5,7,9H2,1-4H3,(H,16,17). The van der Waals surface area contributed by atoms with E-state index in [-0.39, 0.29) is 0 Å². The number of nitrogens with zero attached hydrogens (tertiary/aromatic N) is 4. The van der Waals surface area contributed by atoms with E-state index >= 15 is 0 Å². The summed E-state index contributed by atoms with van der Waals surface area (Å²) in [7, 11) is 2.03. The van der Waals surface area contributed by atoms with Crippen LogP contribution >= 0.6 is 0 Å². The normalized spacial score (nSPS) is 11.2. The number of aromatic nitrogens is 4. The average molecular weight is 261 g/mol. The van der Waals surface area contributed by atoms with E-state index in [0.717, 1.165) is 37.0 Å². The van der Waals surface area contributed by atoms with Crippen molar-refractivity contribution in [1.29, 1.82) is 0 Å². The minimum Gasteiger partial charge on any atom is -0.355 e. The molecule has 0 atom stereocenters. The minimum absolute atomic E-state index is 0.611. The fraction of sp³-hybridized carbons (Fsp3) is 0.571. The second-order valence-electron chi connectivity index (χ2n) is 5.38. The molecule has 1 N–H and O–H groups in total. The molecule has 2 rings (SSSR count). The van der Waals surface area contributed by atoms with Gasteiger partial charge in [-0.15, -0.1) is 0 Å². The summed E-state index contributed by atoms with van der Waals surface area (Å²) >= 11 is 0. The zero-order valence-electron chi connectivity index (χ0n) is 12.2. The smallest absolute Gasteiger partial charge is 0.203 e. The SMILES string of the molecule is Cc1cn(CCc2nccn2C)c(NCC(C)C)n1. The molecule has 0 radical (unpaired) electrons. The second kappa shape index (κ2) is 5.91. The Bertz CT molecular complexity index is 524. The molecule has 5 heteroatoms. The van der Waals surface area contributed by atoms with Crippen LogP contribution in [0.25, 0.3) is 0 Å². The zero-order valence-corrected chi connectivity index (χ0v) is 12.2. The maximum absolute atomic E-state index is 4.53. The van der Waals surface area contributed by atoms with E-state index in [2.05, 4.69) is 44.5 Å². The van der Waals surface area contributed by atoms with Crippen molar-refractivity contribution in [2.45, 2.75) is 33.7 Å². The number of hydrogen-bond donors (Lipinski definition) is 1. The molecule has 0 bridgehead atoms. The van der Waals surface area contributed by atoms with E-state index in [4.69, 9.17) is 0 Å². The first-order valence-corrected chi connectivity index (χ1v) is 6.80. The molecule has 2 heterocycles. The van der Waals surface area contributed by atoms with Gasteiger partial charge in [0, 0.05) is 45.1 Å². The highest BCUT2D eigenvalue weighted by Crippen LogP contribution is 2.10. The lowest BCUT2D eigenvalue weighted by Gasteiger charge is -2.11. The van der Waals surface area contributed by atoms with Gasteiger partial charge in [-0.25, -0.2) is 9.97 Å². The Balaban J connectivity index is 2.01. The van der Waals surface area contributed by atoms with Crippen LogP contribution in [-0.2, 0) is 20.0 Å². The Morgan fingerprint density at radius 3 is 2.79 bits per heavy atom. The van der Waals surface area contributed by atoms with Crippen LogP contribution < -0.4 is 5.32 Å². The summed E-state index contributed by atoms with van der Waals surface area (Å²) in [6.45, 7) is 8.25. The van der Waals surface area contributed by atoms with Gasteiger partial charge in [-0.2, -0.15) is 0 Å². The Labute approximate surface area is 114 Å². The number of nitrogens with one attached hydrogen (secondary N) is 1. The van der Waals surface area contributed by atoms with Crippen molar-refractivity contribution in [1.82, 2.24) is 19.1 Å². The molecule has 104 valence electrons. The number of aryl methyl sites for hydroxylation is 4. The van der Waals surface area contributed by atoms with Crippen molar-refractivity contribution in [2.75, 3.05) is 11.9 Å². The number of rotatable bonds is 6. The average Bonchev–Trinajstić information content (AvgIpc) is 2.90. The summed E-state index contributed by atoms with van der Waals surface area (Å²) in [6, 6.07) is 0. The predicted octanol–water partition coefficient (Wildman–Crippen LogP) is 2.24. The number of anilines is 1. The largest absolute Gasteiger partial charge is 0.355 e. The van der Waals surface area contributed by atoms with Crippen molar-refractivity contribution >= 4 is 5.95 Å². The van der Waals surface area contributed by atoms with E-state index in [9.17, 15) is 0 Å². The zero-order chi connectivity index (χ0) is 13.8. The van der Waals surface area contributed by atoms with Crippen LogP contribution in [0, 0.1) is 12.8 Å². The van der Waals surface area contributed by atoms with E-state index in [1.165, 1.54) is 0 Å². The van der Waals surface area contributed by atoms with Crippen molar-refractivity contribution in [3.05, 3.63) is 30.1 Å². The molecule has 2 aromatic heterocycles. The van der Waals surface area contributed by atoms with Crippen molar-refractivity contribution in [3.63, 3.8) is 0 Å². The van der Waals surface area contributed by atoms with Gasteiger partial charge < -0.3 is 14.5 Å². The fourth-order valence-electron chi connectivity index (χ4n) is 2.01. The van der Waals surface area contributed by atoms with Crippen molar-refractivity contribution < 1.29 is 0 Å². The molecule has 0 aliphatic heterocycles. The first-order chi connectivity index (χ1) is 9.06. The third kappa shape index (κ3) is 3.59. The van der Waals surface area contributed by atoms with Gasteiger partial charge >= 0.3 is 0 Å². The second-order valence-corrected chi connectivity index (χ2v) is 5.38. The summed E-state index contributed by atoms with van der Waals surface area (Å²) in [5.74, 6) is 2.67. The van der Waals surface area contributed by atoms with Gasteiger partial charge in [0.25, 0.3) is 0 Å². The molecule has 2 aromatic rings. The van der Waals surface area contributed by atoms with Gasteiger partial charge in [-0.05, 0) is 12.8 Å². The van der Waals surface area contributed by atoms with Crippen molar-refractivity contribution in [3.8, 4) is 0 Å². The summed E-state index contributed by atoms with van der Waals surface area (Å²) < 4.78 is 4.23. The molecule has 0 saturated carbocycles. The molecule has 0 fully saturated rings. The maximum Gasteiger partial charge on any atom is 0.203 e. The quantitative estimate of drug-likeness (QED) is 0.867. The molecule has 0 spiro atoms. The molecule has 0 amide bonds. The van der Waals surface area contributed by atoms with Gasteiger partial charge in [-0.1, -0.05) is 13.8 Å². The third-order valence-corrected chi connectivity index (χ3v) is 3.06. The first-order valence-electron chi connectivity index (χ1n) is 6.80. The summed E-state index contributed by atoms with van der Waals surface area (Å²) in [4.78, 5) is 8.88. The van der Waals surface area contributed by atoms with Gasteiger partial charge in [0.05, 0.1) is 5.69 Å². The number of imidazole rings is 2. The van der Waals surface area contributed by atoms with Gasteiger partial charge in [0.15, 0.2) is 0 Å². The summed E-state index contributed by atoms with van der Waals surface area (Å²) in [5, 5.41) is 3.40. The van der Waals surface area contributed by atoms with E-state index in [1.54, 1.807) is 0 Å². The molecule has 0 aliphatic rings. The molecule has 5 nitrogen and oxygen atoms in total. The molecule has 0 aromatic carbocycles. The lowest BCUT2D eigenvalue weighted by atomic mass is 10.2. The highest BCUT2D eigenvalue weighted by atomic mass is 15.2. The molecule has 0 aliphatic carbocycles. The molecule has 0 unspecified atom stereocenters. The molecule has 19 heavy (non-hydrogen) atoms. The topological polar surface area (TPSA) is 47.7 Å². The van der Waals surface area contributed by atoms with Crippen LogP contribution in [0.3, 0.4) is 0 Å². The Morgan fingerprint density at radius 1 is 1.37 bits per heavy atom. The predicted molar refractivity (Wildman–Crippen MR) is 77.2 cm³/mol. The highest BCUT2D eigenvalue weighted by Gasteiger charge is 2.07. The molecular weight excluding hydrogens is 238 g/mol. The lowest BCUT2D eigenvalue weighted by molar-refractivity contribution is 0.639.